The number of nitrogens with zero attached hydrogens (tertiary/aromatic N) is 2. The zero-order valence-electron chi connectivity index (χ0n) is 13.3. The number of guanidine groups is 1. The molecule has 0 spiro atoms. The number of thiophene rings is 1. The Morgan fingerprint density at radius 1 is 1.26 bits per heavy atom. The van der Waals surface area contributed by atoms with Crippen molar-refractivity contribution in [1.82, 2.24) is 15.6 Å². The number of aromatic nitrogens is 1. The van der Waals surface area contributed by atoms with Crippen molar-refractivity contribution in [3.8, 4) is 0 Å². The summed E-state index contributed by atoms with van der Waals surface area (Å²) in [6.45, 7) is 6.59. The van der Waals surface area contributed by atoms with Crippen molar-refractivity contribution in [2.24, 2.45) is 4.99 Å². The molecule has 8 heteroatoms. The quantitative estimate of drug-likeness (QED) is 0.353. The van der Waals surface area contributed by atoms with Gasteiger partial charge in [0.05, 0.1) is 9.34 Å². The Labute approximate surface area is 167 Å². The summed E-state index contributed by atoms with van der Waals surface area (Å²) < 4.78 is 0.842. The second-order valence-corrected chi connectivity index (χ2v) is 7.88. The van der Waals surface area contributed by atoms with Crippen molar-refractivity contribution in [3.63, 3.8) is 0 Å². The Morgan fingerprint density at radius 3 is 2.70 bits per heavy atom. The molecule has 0 atom stereocenters. The van der Waals surface area contributed by atoms with Crippen molar-refractivity contribution >= 4 is 64.2 Å². The second kappa shape index (κ2) is 11.2. The van der Waals surface area contributed by atoms with Crippen LogP contribution in [0.1, 0.15) is 21.7 Å². The molecule has 2 heterocycles. The van der Waals surface area contributed by atoms with E-state index in [4.69, 9.17) is 11.6 Å². The molecule has 0 bridgehead atoms. The van der Waals surface area contributed by atoms with E-state index in [2.05, 4.69) is 40.5 Å². The lowest BCUT2D eigenvalue weighted by Gasteiger charge is -2.10. The maximum Gasteiger partial charge on any atom is 0.191 e. The van der Waals surface area contributed by atoms with Gasteiger partial charge in [-0.2, -0.15) is 0 Å². The van der Waals surface area contributed by atoms with E-state index in [1.807, 2.05) is 12.3 Å². The fourth-order valence-electron chi connectivity index (χ4n) is 1.91. The molecule has 0 saturated carbocycles. The molecule has 0 aromatic carbocycles. The lowest BCUT2D eigenvalue weighted by molar-refractivity contribution is 0.801. The van der Waals surface area contributed by atoms with Crippen molar-refractivity contribution in [2.75, 3.05) is 19.6 Å². The zero-order valence-corrected chi connectivity index (χ0v) is 18.0. The average Bonchev–Trinajstić information content (AvgIpc) is 3.08. The zero-order chi connectivity index (χ0) is 15.8. The third-order valence-corrected chi connectivity index (χ3v) is 5.17. The van der Waals surface area contributed by atoms with Crippen LogP contribution in [0.25, 0.3) is 0 Å². The van der Waals surface area contributed by atoms with Gasteiger partial charge in [-0.1, -0.05) is 11.6 Å². The van der Waals surface area contributed by atoms with Crippen LogP contribution in [0.4, 0.5) is 0 Å². The van der Waals surface area contributed by atoms with Gasteiger partial charge >= 0.3 is 0 Å². The third-order valence-electron chi connectivity index (χ3n) is 2.90. The molecule has 0 unspecified atom stereocenters. The molecular formula is C15H22ClIN4S2. The first-order chi connectivity index (χ1) is 10.7. The van der Waals surface area contributed by atoms with Crippen LogP contribution < -0.4 is 10.6 Å². The van der Waals surface area contributed by atoms with E-state index in [1.165, 1.54) is 9.75 Å². The van der Waals surface area contributed by atoms with Crippen LogP contribution in [-0.4, -0.2) is 30.6 Å². The summed E-state index contributed by atoms with van der Waals surface area (Å²) in [6, 6.07) is 4.01. The molecule has 128 valence electrons. The molecule has 2 aromatic rings. The number of aryl methyl sites for hydroxylation is 1. The largest absolute Gasteiger partial charge is 0.357 e. The predicted octanol–water partition coefficient (Wildman–Crippen LogP) is 4.12. The first kappa shape index (κ1) is 20.7. The Hall–Kier alpha value is -0.380. The minimum absolute atomic E-state index is 0. The fourth-order valence-corrected chi connectivity index (χ4v) is 3.78. The van der Waals surface area contributed by atoms with Gasteiger partial charge < -0.3 is 10.6 Å². The molecule has 4 nitrogen and oxygen atoms in total. The molecule has 2 rings (SSSR count). The van der Waals surface area contributed by atoms with Gasteiger partial charge in [0.15, 0.2) is 5.96 Å². The van der Waals surface area contributed by atoms with Gasteiger partial charge in [0.1, 0.15) is 0 Å². The molecule has 0 aliphatic rings. The summed E-state index contributed by atoms with van der Waals surface area (Å²) >= 11 is 9.30. The van der Waals surface area contributed by atoms with E-state index in [1.54, 1.807) is 22.7 Å². The van der Waals surface area contributed by atoms with E-state index in [0.29, 0.717) is 0 Å². The molecule has 0 aliphatic carbocycles. The summed E-state index contributed by atoms with van der Waals surface area (Å²) in [6.07, 6.45) is 3.75. The van der Waals surface area contributed by atoms with E-state index >= 15 is 0 Å². The maximum atomic E-state index is 5.94. The summed E-state index contributed by atoms with van der Waals surface area (Å²) in [5.74, 6) is 0.860. The lowest BCUT2D eigenvalue weighted by Crippen LogP contribution is -2.38. The number of thiazole rings is 1. The van der Waals surface area contributed by atoms with Crippen molar-refractivity contribution in [3.05, 3.63) is 37.4 Å². The molecular weight excluding hydrogens is 463 g/mol. The highest BCUT2D eigenvalue weighted by Gasteiger charge is 2.01. The van der Waals surface area contributed by atoms with E-state index < -0.39 is 0 Å². The van der Waals surface area contributed by atoms with Crippen LogP contribution in [0, 0.1) is 6.92 Å². The first-order valence-electron chi connectivity index (χ1n) is 7.35. The predicted molar refractivity (Wildman–Crippen MR) is 113 cm³/mol. The number of hydrogen-bond acceptors (Lipinski definition) is 4. The summed E-state index contributed by atoms with van der Waals surface area (Å²) in [5, 5.41) is 7.76. The first-order valence-corrected chi connectivity index (χ1v) is 9.36. The molecule has 0 fully saturated rings. The van der Waals surface area contributed by atoms with Crippen molar-refractivity contribution < 1.29 is 0 Å². The molecule has 0 radical (unpaired) electrons. The molecule has 0 saturated heterocycles. The van der Waals surface area contributed by atoms with Crippen LogP contribution in [0.2, 0.25) is 4.34 Å². The van der Waals surface area contributed by atoms with Crippen LogP contribution in [0.15, 0.2) is 23.3 Å². The molecule has 2 aromatic heterocycles. The number of halogens is 2. The Bertz CT molecular complexity index is 612. The maximum absolute atomic E-state index is 5.94. The van der Waals surface area contributed by atoms with Crippen LogP contribution in [0.5, 0.6) is 0 Å². The van der Waals surface area contributed by atoms with Crippen LogP contribution >= 0.6 is 58.3 Å². The van der Waals surface area contributed by atoms with Gasteiger partial charge in [0, 0.05) is 42.0 Å². The Balaban J connectivity index is 0.00000264. The number of nitrogens with one attached hydrogen (secondary N) is 2. The van der Waals surface area contributed by atoms with Crippen LogP contribution in [0.3, 0.4) is 0 Å². The molecule has 2 N–H and O–H groups in total. The van der Waals surface area contributed by atoms with Crippen molar-refractivity contribution in [1.29, 1.82) is 0 Å². The van der Waals surface area contributed by atoms with Gasteiger partial charge in [0.25, 0.3) is 0 Å². The summed E-state index contributed by atoms with van der Waals surface area (Å²) in [7, 11) is 0. The highest BCUT2D eigenvalue weighted by Crippen LogP contribution is 2.21. The van der Waals surface area contributed by atoms with Crippen molar-refractivity contribution in [2.45, 2.75) is 26.7 Å². The SMILES string of the molecule is CCNC(=NCCc1ncc(C)s1)NCCc1ccc(Cl)s1.I. The minimum atomic E-state index is 0. The van der Waals surface area contributed by atoms with Gasteiger partial charge in [0.2, 0.25) is 0 Å². The number of aliphatic imine (C=N–C) groups is 1. The number of rotatable bonds is 7. The monoisotopic (exact) mass is 484 g/mol. The molecule has 0 aliphatic heterocycles. The Morgan fingerprint density at radius 2 is 2.09 bits per heavy atom. The normalized spacial score (nSPS) is 11.2. The molecule has 23 heavy (non-hydrogen) atoms. The standard InChI is InChI=1S/C15H21ClN4S2.HI/c1-3-17-15(18-8-6-12-4-5-13(16)22-12)19-9-7-14-20-10-11(2)21-14;/h4-5,10H,3,6-9H2,1-2H3,(H2,17,18,19);1H. The van der Waals surface area contributed by atoms with Gasteiger partial charge in [-0.25, -0.2) is 4.98 Å². The topological polar surface area (TPSA) is 49.3 Å². The fraction of sp³-hybridized carbons (Fsp3) is 0.467. The third kappa shape index (κ3) is 7.82. The highest BCUT2D eigenvalue weighted by atomic mass is 127. The van der Waals surface area contributed by atoms with E-state index in [-0.39, 0.29) is 24.0 Å². The van der Waals surface area contributed by atoms with E-state index in [9.17, 15) is 0 Å². The van der Waals surface area contributed by atoms with E-state index in [0.717, 1.165) is 47.8 Å². The average molecular weight is 485 g/mol. The smallest absolute Gasteiger partial charge is 0.191 e. The van der Waals surface area contributed by atoms with Gasteiger partial charge in [-0.05, 0) is 32.4 Å². The lowest BCUT2D eigenvalue weighted by atomic mass is 10.3. The van der Waals surface area contributed by atoms with Gasteiger partial charge in [-0.3, -0.25) is 4.99 Å². The number of hydrogen-bond donors (Lipinski definition) is 2. The van der Waals surface area contributed by atoms with Gasteiger partial charge in [-0.15, -0.1) is 46.7 Å². The summed E-state index contributed by atoms with van der Waals surface area (Å²) in [4.78, 5) is 11.5. The second-order valence-electron chi connectivity index (χ2n) is 4.76. The minimum Gasteiger partial charge on any atom is -0.357 e. The Kier molecular flexibility index (Phi) is 10.1. The van der Waals surface area contributed by atoms with Crippen LogP contribution in [-0.2, 0) is 12.8 Å². The highest BCUT2D eigenvalue weighted by molar-refractivity contribution is 14.0. The molecule has 0 amide bonds. The summed E-state index contributed by atoms with van der Waals surface area (Å²) in [5.41, 5.74) is 0.